The average molecular weight is 372 g/mol. The minimum atomic E-state index is -1.14. The highest BCUT2D eigenvalue weighted by Gasteiger charge is 2.06. The molecule has 0 spiro atoms. The molecule has 7 nitrogen and oxygen atoms in total. The lowest BCUT2D eigenvalue weighted by molar-refractivity contribution is -0.307. The molecule has 0 aliphatic rings. The number of nitrogens with two attached hydrogens (primary N) is 3. The number of hydrogen-bond donors (Lipinski definition) is 3. The summed E-state index contributed by atoms with van der Waals surface area (Å²) in [7, 11) is 0. The summed E-state index contributed by atoms with van der Waals surface area (Å²) in [5.74, 6) is 0.535. The third-order valence-corrected chi connectivity index (χ3v) is 3.93. The van der Waals surface area contributed by atoms with Crippen molar-refractivity contribution in [1.29, 1.82) is 0 Å². The zero-order chi connectivity index (χ0) is 20.7. The van der Waals surface area contributed by atoms with Crippen LogP contribution in [0.15, 0.2) is 4.99 Å². The van der Waals surface area contributed by atoms with Gasteiger partial charge in [-0.15, -0.1) is 0 Å². The van der Waals surface area contributed by atoms with Gasteiger partial charge in [0.1, 0.15) is 5.78 Å². The molecule has 0 aliphatic carbocycles. The zero-order valence-electron chi connectivity index (χ0n) is 17.2. The van der Waals surface area contributed by atoms with Gasteiger partial charge in [-0.1, -0.05) is 47.0 Å². The van der Waals surface area contributed by atoms with E-state index in [4.69, 9.17) is 17.2 Å². The molecular weight excluding hydrogens is 332 g/mol. The van der Waals surface area contributed by atoms with Crippen molar-refractivity contribution in [2.24, 2.45) is 34.0 Å². The second-order valence-electron chi connectivity index (χ2n) is 7.42. The number of unbranched alkanes of at least 4 members (excludes halogenated alkanes) is 1. The first-order valence-corrected chi connectivity index (χ1v) is 9.51. The summed E-state index contributed by atoms with van der Waals surface area (Å²) in [6.45, 7) is 10.5. The van der Waals surface area contributed by atoms with Crippen LogP contribution in [-0.2, 0) is 9.59 Å². The van der Waals surface area contributed by atoms with E-state index in [-0.39, 0.29) is 17.7 Å². The van der Waals surface area contributed by atoms with Gasteiger partial charge in [-0.3, -0.25) is 9.79 Å². The summed E-state index contributed by atoms with van der Waals surface area (Å²) in [6.07, 6.45) is 5.11. The van der Waals surface area contributed by atoms with E-state index >= 15 is 0 Å². The Labute approximate surface area is 158 Å². The fourth-order valence-electron chi connectivity index (χ4n) is 1.94. The molecule has 2 unspecified atom stereocenters. The number of rotatable bonds is 12. The third-order valence-electron chi connectivity index (χ3n) is 3.93. The minimum absolute atomic E-state index is 0.0332. The lowest BCUT2D eigenvalue weighted by Gasteiger charge is -2.12. The van der Waals surface area contributed by atoms with Crippen molar-refractivity contribution < 1.29 is 14.7 Å². The monoisotopic (exact) mass is 371 g/mol. The first-order chi connectivity index (χ1) is 12.0. The number of aliphatic carboxylic acids is 1. The van der Waals surface area contributed by atoms with Crippen molar-refractivity contribution in [2.75, 3.05) is 6.54 Å². The van der Waals surface area contributed by atoms with E-state index in [1.165, 1.54) is 6.92 Å². The van der Waals surface area contributed by atoms with Crippen LogP contribution in [0.2, 0.25) is 0 Å². The first kappa shape index (κ1) is 26.8. The molecule has 0 aromatic carbocycles. The predicted molar refractivity (Wildman–Crippen MR) is 106 cm³/mol. The van der Waals surface area contributed by atoms with Crippen LogP contribution in [-0.4, -0.2) is 36.2 Å². The maximum absolute atomic E-state index is 10.8. The summed E-state index contributed by atoms with van der Waals surface area (Å²) in [4.78, 5) is 25.2. The molecule has 0 rings (SSSR count). The number of hydrogen-bond acceptors (Lipinski definition) is 6. The molecule has 0 aromatic heterocycles. The van der Waals surface area contributed by atoms with E-state index in [2.05, 4.69) is 18.8 Å². The number of aliphatic imine (C=N–C) groups is 1. The van der Waals surface area contributed by atoms with Crippen LogP contribution in [0, 0.1) is 11.8 Å². The van der Waals surface area contributed by atoms with E-state index < -0.39 is 12.0 Å². The highest BCUT2D eigenvalue weighted by atomic mass is 16.4. The van der Waals surface area contributed by atoms with Crippen LogP contribution in [0.25, 0.3) is 0 Å². The van der Waals surface area contributed by atoms with E-state index in [1.807, 2.05) is 13.8 Å². The Kier molecular flexibility index (Phi) is 16.2. The van der Waals surface area contributed by atoms with Crippen molar-refractivity contribution in [3.63, 3.8) is 0 Å². The summed E-state index contributed by atoms with van der Waals surface area (Å²) < 4.78 is 0. The molecule has 2 atom stereocenters. The molecule has 0 aliphatic heterocycles. The number of carboxylic acid groups (broad SMARTS) is 1. The Balaban J connectivity index is 0. The highest BCUT2D eigenvalue weighted by molar-refractivity contribution is 5.82. The van der Waals surface area contributed by atoms with Crippen LogP contribution >= 0.6 is 0 Å². The third kappa shape index (κ3) is 17.4. The van der Waals surface area contributed by atoms with Crippen molar-refractivity contribution >= 4 is 17.6 Å². The molecule has 0 amide bonds. The van der Waals surface area contributed by atoms with Crippen molar-refractivity contribution in [3.05, 3.63) is 0 Å². The van der Waals surface area contributed by atoms with Crippen LogP contribution in [0.5, 0.6) is 0 Å². The molecule has 0 bridgehead atoms. The topological polar surface area (TPSA) is 148 Å². The molecule has 26 heavy (non-hydrogen) atoms. The Morgan fingerprint density at radius 2 is 1.42 bits per heavy atom. The summed E-state index contributed by atoms with van der Waals surface area (Å²) in [5, 5.41) is 10.2. The standard InChI is InChI=1S/C10H21N3O.C9H19NO2/c1-7(2)10(12)13-6-4-5-9(11)8(3)14;1-7(2)5-3-4-6-8(10)9(11)12/h7,9H,4-6,11H2,1-3H3,(H2,12,13);7-8H,3-6,10H2,1-2H3,(H,11,12)/p-1. The minimum Gasteiger partial charge on any atom is -0.548 e. The van der Waals surface area contributed by atoms with Gasteiger partial charge in [0, 0.05) is 18.5 Å². The summed E-state index contributed by atoms with van der Waals surface area (Å²) in [5.41, 5.74) is 16.5. The van der Waals surface area contributed by atoms with Gasteiger partial charge in [-0.05, 0) is 32.1 Å². The quantitative estimate of drug-likeness (QED) is 0.264. The molecule has 0 aromatic rings. The largest absolute Gasteiger partial charge is 0.548 e. The normalized spacial score (nSPS) is 14.0. The Morgan fingerprint density at radius 3 is 1.85 bits per heavy atom. The molecule has 0 heterocycles. The summed E-state index contributed by atoms with van der Waals surface area (Å²) >= 11 is 0. The maximum Gasteiger partial charge on any atom is 0.146 e. The number of ketones is 1. The van der Waals surface area contributed by atoms with Gasteiger partial charge in [0.25, 0.3) is 0 Å². The highest BCUT2D eigenvalue weighted by Crippen LogP contribution is 2.08. The van der Waals surface area contributed by atoms with Gasteiger partial charge in [-0.2, -0.15) is 0 Å². The van der Waals surface area contributed by atoms with Gasteiger partial charge >= 0.3 is 0 Å². The first-order valence-electron chi connectivity index (χ1n) is 9.51. The van der Waals surface area contributed by atoms with E-state index in [9.17, 15) is 14.7 Å². The lowest BCUT2D eigenvalue weighted by Crippen LogP contribution is -2.41. The van der Waals surface area contributed by atoms with E-state index in [0.717, 1.165) is 25.7 Å². The van der Waals surface area contributed by atoms with Gasteiger partial charge in [-0.25, -0.2) is 0 Å². The fourth-order valence-corrected chi connectivity index (χ4v) is 1.94. The number of Topliss-reactive ketones (excluding diaryl/α,β-unsaturated/α-hetero) is 1. The molecule has 0 radical (unpaired) electrons. The number of carboxylic acids is 1. The SMILES string of the molecule is CC(=O)C(N)CCCN=C(N)C(C)C.CC(C)CCCCC(N)C(=O)[O-]. The average Bonchev–Trinajstić information content (AvgIpc) is 2.54. The lowest BCUT2D eigenvalue weighted by atomic mass is 10.0. The molecule has 0 fully saturated rings. The Hall–Kier alpha value is -1.47. The number of carbonyl (C=O) groups is 2. The maximum atomic E-state index is 10.8. The van der Waals surface area contributed by atoms with Crippen molar-refractivity contribution in [3.8, 4) is 0 Å². The van der Waals surface area contributed by atoms with E-state index in [0.29, 0.717) is 31.1 Å². The Morgan fingerprint density at radius 1 is 0.923 bits per heavy atom. The second-order valence-corrected chi connectivity index (χ2v) is 7.42. The molecule has 6 N–H and O–H groups in total. The van der Waals surface area contributed by atoms with Gasteiger partial charge in [0.05, 0.1) is 17.8 Å². The van der Waals surface area contributed by atoms with Crippen molar-refractivity contribution in [1.82, 2.24) is 0 Å². The number of amidine groups is 1. The fraction of sp³-hybridized carbons (Fsp3) is 0.842. The molecule has 7 heteroatoms. The van der Waals surface area contributed by atoms with Gasteiger partial charge in [0.2, 0.25) is 0 Å². The van der Waals surface area contributed by atoms with Crippen LogP contribution < -0.4 is 22.3 Å². The van der Waals surface area contributed by atoms with Crippen LogP contribution in [0.1, 0.15) is 73.1 Å². The number of carbonyl (C=O) groups excluding carboxylic acids is 2. The Bertz CT molecular complexity index is 423. The smallest absolute Gasteiger partial charge is 0.146 e. The molecule has 0 saturated carbocycles. The van der Waals surface area contributed by atoms with Crippen LogP contribution in [0.3, 0.4) is 0 Å². The second kappa shape index (κ2) is 15.8. The predicted octanol–water partition coefficient (Wildman–Crippen LogP) is 0.976. The van der Waals surface area contributed by atoms with E-state index in [1.54, 1.807) is 0 Å². The number of nitrogens with zero attached hydrogens (tertiary/aromatic N) is 1. The zero-order valence-corrected chi connectivity index (χ0v) is 17.2. The van der Waals surface area contributed by atoms with Gasteiger partial charge in [0.15, 0.2) is 0 Å². The molecular formula is C19H39N4O3-. The summed E-state index contributed by atoms with van der Waals surface area (Å²) in [6, 6.07) is -1.12. The van der Waals surface area contributed by atoms with Crippen molar-refractivity contribution in [2.45, 2.75) is 85.2 Å². The van der Waals surface area contributed by atoms with Crippen LogP contribution in [0.4, 0.5) is 0 Å². The molecule has 154 valence electrons. The molecule has 0 saturated heterocycles. The van der Waals surface area contributed by atoms with Gasteiger partial charge < -0.3 is 27.1 Å².